The monoisotopic (exact) mass is 350 g/mol. The van der Waals surface area contributed by atoms with Crippen molar-refractivity contribution in [1.82, 2.24) is 0 Å². The second kappa shape index (κ2) is 8.39. The van der Waals surface area contributed by atoms with Crippen molar-refractivity contribution in [3.05, 3.63) is 94.8 Å². The minimum Gasteiger partial charge on any atom is -0.110 e. The Hall–Kier alpha value is -1.74. The Balaban J connectivity index is 2.87. The van der Waals surface area contributed by atoms with Gasteiger partial charge in [0.2, 0.25) is 0 Å². The van der Waals surface area contributed by atoms with E-state index in [4.69, 9.17) is 0 Å². The summed E-state index contributed by atoms with van der Waals surface area (Å²) in [7, 11) is 5.74. The number of hydrogen-bond donors (Lipinski definition) is 0. The summed E-state index contributed by atoms with van der Waals surface area (Å²) in [5, 5.41) is 2.38. The van der Waals surface area contributed by atoms with Gasteiger partial charge in [-0.15, -0.1) is 18.5 Å². The van der Waals surface area contributed by atoms with Gasteiger partial charge in [-0.3, -0.25) is 0 Å². The highest BCUT2D eigenvalue weighted by atomic mass is 31.0. The van der Waals surface area contributed by atoms with Crippen LogP contribution in [0.5, 0.6) is 0 Å². The van der Waals surface area contributed by atoms with E-state index in [0.717, 1.165) is 5.56 Å². The van der Waals surface area contributed by atoms with Crippen molar-refractivity contribution in [2.45, 2.75) is 13.8 Å². The van der Waals surface area contributed by atoms with Crippen LogP contribution in [0, 0.1) is 6.92 Å². The first-order valence-corrected chi connectivity index (χ1v) is 9.03. The number of rotatable bonds is 5. The Morgan fingerprint density at radius 2 is 1.79 bits per heavy atom. The van der Waals surface area contributed by atoms with Crippen molar-refractivity contribution in [2.24, 2.45) is 0 Å². The molecule has 0 aliphatic carbocycles. The molecule has 0 bridgehead atoms. The lowest BCUT2D eigenvalue weighted by atomic mass is 9.88. The van der Waals surface area contributed by atoms with Gasteiger partial charge in [0.05, 0.1) is 0 Å². The third kappa shape index (κ3) is 3.84. The molecular formula is C22H24P2. The van der Waals surface area contributed by atoms with Gasteiger partial charge in [0.25, 0.3) is 0 Å². The summed E-state index contributed by atoms with van der Waals surface area (Å²) >= 11 is 0. The molecule has 0 aliphatic heterocycles. The van der Waals surface area contributed by atoms with Crippen LogP contribution >= 0.6 is 18.5 Å². The molecule has 122 valence electrons. The third-order valence-corrected chi connectivity index (χ3v) is 4.76. The second-order valence-electron chi connectivity index (χ2n) is 5.70. The quantitative estimate of drug-likeness (QED) is 0.459. The summed E-state index contributed by atoms with van der Waals surface area (Å²) in [6.07, 6.45) is 7.86. The maximum Gasteiger partial charge on any atom is -0.00279 e. The van der Waals surface area contributed by atoms with Crippen LogP contribution in [0.2, 0.25) is 0 Å². The zero-order chi connectivity index (χ0) is 17.7. The lowest BCUT2D eigenvalue weighted by Crippen LogP contribution is -2.08. The molecule has 2 unspecified atom stereocenters. The van der Waals surface area contributed by atoms with E-state index < -0.39 is 0 Å². The van der Waals surface area contributed by atoms with Crippen molar-refractivity contribution in [3.8, 4) is 0 Å². The topological polar surface area (TPSA) is 0 Å². The fourth-order valence-electron chi connectivity index (χ4n) is 2.85. The summed E-state index contributed by atoms with van der Waals surface area (Å²) in [5.74, 6) is 0. The summed E-state index contributed by atoms with van der Waals surface area (Å²) in [6, 6.07) is 12.7. The first-order chi connectivity index (χ1) is 11.5. The SMILES string of the molecule is C=C/C=C\c1c(C)ccc(P)c1/C(=C(/C)P)c1ccccc1C=C. The molecule has 2 rings (SSSR count). The predicted octanol–water partition coefficient (Wildman–Crippen LogP) is 5.99. The van der Waals surface area contributed by atoms with Gasteiger partial charge in [-0.05, 0) is 57.9 Å². The van der Waals surface area contributed by atoms with E-state index in [1.54, 1.807) is 0 Å². The molecule has 0 amide bonds. The van der Waals surface area contributed by atoms with Gasteiger partial charge < -0.3 is 0 Å². The van der Waals surface area contributed by atoms with Crippen molar-refractivity contribution in [1.29, 1.82) is 0 Å². The zero-order valence-electron chi connectivity index (χ0n) is 14.3. The van der Waals surface area contributed by atoms with E-state index in [0.29, 0.717) is 0 Å². The Morgan fingerprint density at radius 3 is 2.42 bits per heavy atom. The number of hydrogen-bond acceptors (Lipinski definition) is 0. The summed E-state index contributed by atoms with van der Waals surface area (Å²) < 4.78 is 0. The van der Waals surface area contributed by atoms with Crippen LogP contribution in [0.25, 0.3) is 17.7 Å². The Kier molecular flexibility index (Phi) is 6.50. The maximum atomic E-state index is 3.98. The number of aryl methyl sites for hydroxylation is 1. The predicted molar refractivity (Wildman–Crippen MR) is 118 cm³/mol. The highest BCUT2D eigenvalue weighted by molar-refractivity contribution is 7.27. The smallest absolute Gasteiger partial charge is 0.00279 e. The van der Waals surface area contributed by atoms with Crippen molar-refractivity contribution in [2.75, 3.05) is 0 Å². The molecule has 0 nitrogen and oxygen atoms in total. The van der Waals surface area contributed by atoms with Crippen LogP contribution in [-0.4, -0.2) is 0 Å². The molecule has 0 fully saturated rings. The largest absolute Gasteiger partial charge is 0.110 e. The molecule has 24 heavy (non-hydrogen) atoms. The molecule has 2 aromatic carbocycles. The van der Waals surface area contributed by atoms with Crippen LogP contribution in [0.4, 0.5) is 0 Å². The summed E-state index contributed by atoms with van der Waals surface area (Å²) in [6.45, 7) is 12.1. The molecule has 0 saturated heterocycles. The average molecular weight is 350 g/mol. The van der Waals surface area contributed by atoms with E-state index in [9.17, 15) is 0 Å². The average Bonchev–Trinajstić information content (AvgIpc) is 2.57. The van der Waals surface area contributed by atoms with Crippen LogP contribution < -0.4 is 5.30 Å². The van der Waals surface area contributed by atoms with E-state index in [2.05, 4.69) is 81.9 Å². The summed E-state index contributed by atoms with van der Waals surface area (Å²) in [5.41, 5.74) is 7.27. The maximum absolute atomic E-state index is 3.98. The van der Waals surface area contributed by atoms with Crippen LogP contribution in [0.15, 0.2) is 67.0 Å². The standard InChI is InChI=1S/C22H24P2/c1-5-7-11-18-15(3)13-14-20(24)22(18)21(16(4)23)19-12-9-8-10-17(19)6-2/h5-14H,1-2,23-24H2,3-4H3/b11-7-,21-16-. The van der Waals surface area contributed by atoms with Gasteiger partial charge in [-0.2, -0.15) is 0 Å². The third-order valence-electron chi connectivity index (χ3n) is 3.99. The molecule has 0 heterocycles. The van der Waals surface area contributed by atoms with E-state index >= 15 is 0 Å². The first-order valence-electron chi connectivity index (χ1n) is 7.88. The molecule has 2 heteroatoms. The Bertz CT molecular complexity index is 835. The molecule has 0 radical (unpaired) electrons. The second-order valence-corrected chi connectivity index (χ2v) is 7.19. The fraction of sp³-hybridized carbons (Fsp3) is 0.0909. The Morgan fingerprint density at radius 1 is 1.08 bits per heavy atom. The van der Waals surface area contributed by atoms with E-state index in [1.165, 1.54) is 38.4 Å². The highest BCUT2D eigenvalue weighted by Crippen LogP contribution is 2.35. The van der Waals surface area contributed by atoms with Crippen LogP contribution in [-0.2, 0) is 0 Å². The molecule has 2 atom stereocenters. The summed E-state index contributed by atoms with van der Waals surface area (Å²) in [4.78, 5) is 0. The molecule has 2 aromatic rings. The highest BCUT2D eigenvalue weighted by Gasteiger charge is 2.16. The molecule has 0 aliphatic rings. The van der Waals surface area contributed by atoms with E-state index in [1.807, 2.05) is 24.3 Å². The minimum absolute atomic E-state index is 1.14. The number of benzene rings is 2. The number of allylic oxidation sites excluding steroid dienone is 3. The molecule has 0 saturated carbocycles. The molecule has 0 N–H and O–H groups in total. The molecular weight excluding hydrogens is 326 g/mol. The van der Waals surface area contributed by atoms with Gasteiger partial charge in [-0.25, -0.2) is 0 Å². The van der Waals surface area contributed by atoms with Crippen molar-refractivity contribution in [3.63, 3.8) is 0 Å². The van der Waals surface area contributed by atoms with Gasteiger partial charge in [0.15, 0.2) is 0 Å². The van der Waals surface area contributed by atoms with Crippen molar-refractivity contribution < 1.29 is 0 Å². The lowest BCUT2D eigenvalue weighted by Gasteiger charge is -2.20. The first kappa shape index (κ1) is 18.6. The lowest BCUT2D eigenvalue weighted by molar-refractivity contribution is 1.42. The van der Waals surface area contributed by atoms with Gasteiger partial charge in [0.1, 0.15) is 0 Å². The van der Waals surface area contributed by atoms with Crippen LogP contribution in [0.1, 0.15) is 34.7 Å². The normalized spacial score (nSPS) is 12.2. The Labute approximate surface area is 150 Å². The fourth-order valence-corrected chi connectivity index (χ4v) is 3.54. The molecule has 0 spiro atoms. The minimum atomic E-state index is 1.14. The van der Waals surface area contributed by atoms with Gasteiger partial charge >= 0.3 is 0 Å². The molecule has 0 aromatic heterocycles. The van der Waals surface area contributed by atoms with E-state index in [-0.39, 0.29) is 0 Å². The van der Waals surface area contributed by atoms with Crippen molar-refractivity contribution >= 4 is 41.5 Å². The van der Waals surface area contributed by atoms with Gasteiger partial charge in [0, 0.05) is 0 Å². The zero-order valence-corrected chi connectivity index (χ0v) is 16.7. The van der Waals surface area contributed by atoms with Gasteiger partial charge in [-0.1, -0.05) is 73.9 Å². The van der Waals surface area contributed by atoms with Crippen LogP contribution in [0.3, 0.4) is 0 Å².